The van der Waals surface area contributed by atoms with Crippen LogP contribution >= 0.6 is 0 Å². The van der Waals surface area contributed by atoms with E-state index in [0.717, 1.165) is 11.1 Å². The minimum atomic E-state index is -3.63. The number of sulfonamides is 1. The Morgan fingerprint density at radius 2 is 1.86 bits per heavy atom. The minimum Gasteiger partial charge on any atom is -0.494 e. The standard InChI is InChI=1S/C27H34N4O5S/c1-5-35-24-11-10-23(16-19(24)4)37(33,34)31-14-12-21(13-15-31)26(32)28-22-8-6-20(7-9-22)17-25-29-27(18(2)3)36-30-25/h6-11,16,18,21H,5,12-15,17H2,1-4H3,(H,28,32). The molecule has 198 valence electrons. The summed E-state index contributed by atoms with van der Waals surface area (Å²) in [5, 5.41) is 6.98. The van der Waals surface area contributed by atoms with Crippen molar-refractivity contribution in [2.45, 2.75) is 57.8 Å². The summed E-state index contributed by atoms with van der Waals surface area (Å²) in [6.45, 7) is 8.84. The van der Waals surface area contributed by atoms with E-state index >= 15 is 0 Å². The number of nitrogens with zero attached hydrogens (tertiary/aromatic N) is 3. The van der Waals surface area contributed by atoms with Crippen molar-refractivity contribution < 1.29 is 22.5 Å². The van der Waals surface area contributed by atoms with E-state index in [9.17, 15) is 13.2 Å². The van der Waals surface area contributed by atoms with E-state index in [2.05, 4.69) is 15.5 Å². The highest BCUT2D eigenvalue weighted by molar-refractivity contribution is 7.89. The fraction of sp³-hybridized carbons (Fsp3) is 0.444. The maximum atomic E-state index is 13.1. The summed E-state index contributed by atoms with van der Waals surface area (Å²) in [7, 11) is -3.63. The first-order chi connectivity index (χ1) is 17.7. The van der Waals surface area contributed by atoms with E-state index in [1.807, 2.05) is 52.0 Å². The molecule has 1 saturated heterocycles. The van der Waals surface area contributed by atoms with Gasteiger partial charge in [0.05, 0.1) is 11.5 Å². The molecule has 0 saturated carbocycles. The molecule has 10 heteroatoms. The third kappa shape index (κ3) is 6.37. The van der Waals surface area contributed by atoms with Crippen LogP contribution in [0.2, 0.25) is 0 Å². The second-order valence-electron chi connectivity index (χ2n) is 9.61. The Kier molecular flexibility index (Phi) is 8.29. The normalized spacial score (nSPS) is 15.2. The number of anilines is 1. The van der Waals surface area contributed by atoms with Crippen LogP contribution in [-0.4, -0.2) is 48.5 Å². The molecule has 1 fully saturated rings. The zero-order valence-corrected chi connectivity index (χ0v) is 22.5. The van der Waals surface area contributed by atoms with Crippen molar-refractivity contribution in [3.63, 3.8) is 0 Å². The SMILES string of the molecule is CCOc1ccc(S(=O)(=O)N2CCC(C(=O)Nc3ccc(Cc4noc(C(C)C)n4)cc3)CC2)cc1C. The predicted molar refractivity (Wildman–Crippen MR) is 140 cm³/mol. The van der Waals surface area contributed by atoms with Gasteiger partial charge in [-0.1, -0.05) is 31.1 Å². The first kappa shape index (κ1) is 26.8. The molecule has 0 spiro atoms. The van der Waals surface area contributed by atoms with Crippen LogP contribution in [-0.2, 0) is 21.2 Å². The van der Waals surface area contributed by atoms with Crippen LogP contribution < -0.4 is 10.1 Å². The van der Waals surface area contributed by atoms with Crippen molar-refractivity contribution >= 4 is 21.6 Å². The molecule has 1 aliphatic heterocycles. The van der Waals surface area contributed by atoms with Crippen LogP contribution in [0.3, 0.4) is 0 Å². The van der Waals surface area contributed by atoms with Crippen molar-refractivity contribution in [2.24, 2.45) is 5.92 Å². The van der Waals surface area contributed by atoms with Gasteiger partial charge in [-0.15, -0.1) is 0 Å². The molecule has 9 nitrogen and oxygen atoms in total. The minimum absolute atomic E-state index is 0.0959. The number of piperidine rings is 1. The summed E-state index contributed by atoms with van der Waals surface area (Å²) < 4.78 is 38.5. The molecule has 0 atom stereocenters. The molecule has 4 rings (SSSR count). The Labute approximate surface area is 218 Å². The fourth-order valence-corrected chi connectivity index (χ4v) is 5.87. The quantitative estimate of drug-likeness (QED) is 0.436. The van der Waals surface area contributed by atoms with E-state index in [1.54, 1.807) is 18.2 Å². The largest absolute Gasteiger partial charge is 0.494 e. The molecule has 2 heterocycles. The average Bonchev–Trinajstić information content (AvgIpc) is 3.35. The van der Waals surface area contributed by atoms with Crippen molar-refractivity contribution in [3.8, 4) is 5.75 Å². The number of carbonyl (C=O) groups excluding carboxylic acids is 1. The van der Waals surface area contributed by atoms with Gasteiger partial charge in [0.1, 0.15) is 5.75 Å². The van der Waals surface area contributed by atoms with Gasteiger partial charge < -0.3 is 14.6 Å². The Morgan fingerprint density at radius 1 is 1.16 bits per heavy atom. The topological polar surface area (TPSA) is 115 Å². The summed E-state index contributed by atoms with van der Waals surface area (Å²) in [5.74, 6) is 1.76. The molecule has 0 unspecified atom stereocenters. The Morgan fingerprint density at radius 3 is 2.46 bits per heavy atom. The summed E-state index contributed by atoms with van der Waals surface area (Å²) in [5.41, 5.74) is 2.49. The van der Waals surface area contributed by atoms with Crippen molar-refractivity contribution in [3.05, 3.63) is 65.3 Å². The first-order valence-electron chi connectivity index (χ1n) is 12.6. The lowest BCUT2D eigenvalue weighted by Gasteiger charge is -2.30. The summed E-state index contributed by atoms with van der Waals surface area (Å²) in [4.78, 5) is 17.5. The van der Waals surface area contributed by atoms with Crippen LogP contribution in [0, 0.1) is 12.8 Å². The van der Waals surface area contributed by atoms with Crippen LogP contribution in [0.1, 0.15) is 62.4 Å². The van der Waals surface area contributed by atoms with Gasteiger partial charge >= 0.3 is 0 Å². The number of aromatic nitrogens is 2. The second-order valence-corrected chi connectivity index (χ2v) is 11.5. The summed E-state index contributed by atoms with van der Waals surface area (Å²) >= 11 is 0. The maximum Gasteiger partial charge on any atom is 0.243 e. The third-order valence-electron chi connectivity index (χ3n) is 6.47. The second kappa shape index (κ2) is 11.4. The highest BCUT2D eigenvalue weighted by atomic mass is 32.2. The maximum absolute atomic E-state index is 13.1. The van der Waals surface area contributed by atoms with Crippen molar-refractivity contribution in [1.82, 2.24) is 14.4 Å². The van der Waals surface area contributed by atoms with E-state index in [4.69, 9.17) is 9.26 Å². The van der Waals surface area contributed by atoms with Crippen molar-refractivity contribution in [1.29, 1.82) is 0 Å². The number of rotatable bonds is 9. The van der Waals surface area contributed by atoms with Crippen LogP contribution in [0.4, 0.5) is 5.69 Å². The molecule has 0 aliphatic carbocycles. The van der Waals surface area contributed by atoms with Gasteiger partial charge in [-0.3, -0.25) is 4.79 Å². The highest BCUT2D eigenvalue weighted by Crippen LogP contribution is 2.28. The predicted octanol–water partition coefficient (Wildman–Crippen LogP) is 4.53. The number of hydrogen-bond acceptors (Lipinski definition) is 7. The van der Waals surface area contributed by atoms with E-state index < -0.39 is 10.0 Å². The van der Waals surface area contributed by atoms with Crippen LogP contribution in [0.5, 0.6) is 5.75 Å². The van der Waals surface area contributed by atoms with Gasteiger partial charge in [-0.05, 0) is 68.1 Å². The van der Waals surface area contributed by atoms with Gasteiger partial charge in [-0.25, -0.2) is 8.42 Å². The lowest BCUT2D eigenvalue weighted by Crippen LogP contribution is -2.41. The van der Waals surface area contributed by atoms with Gasteiger partial charge in [0.25, 0.3) is 0 Å². The molecule has 1 aliphatic rings. The molecule has 0 radical (unpaired) electrons. The molecule has 1 aromatic heterocycles. The average molecular weight is 527 g/mol. The lowest BCUT2D eigenvalue weighted by molar-refractivity contribution is -0.120. The van der Waals surface area contributed by atoms with Crippen molar-refractivity contribution in [2.75, 3.05) is 25.0 Å². The number of aryl methyl sites for hydroxylation is 1. The highest BCUT2D eigenvalue weighted by Gasteiger charge is 2.32. The van der Waals surface area contributed by atoms with Crippen LogP contribution in [0.25, 0.3) is 0 Å². The smallest absolute Gasteiger partial charge is 0.243 e. The van der Waals surface area contributed by atoms with Gasteiger partial charge in [0, 0.05) is 37.0 Å². The van der Waals surface area contributed by atoms with E-state index in [0.29, 0.717) is 62.1 Å². The fourth-order valence-electron chi connectivity index (χ4n) is 4.31. The molecule has 3 aromatic rings. The number of nitrogens with one attached hydrogen (secondary N) is 1. The summed E-state index contributed by atoms with van der Waals surface area (Å²) in [6, 6.07) is 12.5. The van der Waals surface area contributed by atoms with Crippen LogP contribution in [0.15, 0.2) is 51.9 Å². The summed E-state index contributed by atoms with van der Waals surface area (Å²) in [6.07, 6.45) is 1.48. The zero-order chi connectivity index (χ0) is 26.6. The Balaban J connectivity index is 1.30. The Hall–Kier alpha value is -3.24. The van der Waals surface area contributed by atoms with E-state index in [1.165, 1.54) is 4.31 Å². The van der Waals surface area contributed by atoms with Gasteiger partial charge in [0.2, 0.25) is 21.8 Å². The molecular formula is C27H34N4O5S. The van der Waals surface area contributed by atoms with Gasteiger partial charge in [-0.2, -0.15) is 9.29 Å². The number of hydrogen-bond donors (Lipinski definition) is 1. The zero-order valence-electron chi connectivity index (χ0n) is 21.7. The molecular weight excluding hydrogens is 492 g/mol. The monoisotopic (exact) mass is 526 g/mol. The third-order valence-corrected chi connectivity index (χ3v) is 8.36. The Bertz CT molecular complexity index is 1330. The number of amides is 1. The number of ether oxygens (including phenoxy) is 1. The van der Waals surface area contributed by atoms with E-state index in [-0.39, 0.29) is 22.6 Å². The first-order valence-corrected chi connectivity index (χ1v) is 14.1. The molecule has 1 N–H and O–H groups in total. The molecule has 37 heavy (non-hydrogen) atoms. The lowest BCUT2D eigenvalue weighted by atomic mass is 9.97. The number of carbonyl (C=O) groups is 1. The molecule has 2 aromatic carbocycles. The van der Waals surface area contributed by atoms with Gasteiger partial charge in [0.15, 0.2) is 5.82 Å². The number of benzene rings is 2. The molecule has 1 amide bonds. The molecule has 0 bridgehead atoms.